The van der Waals surface area contributed by atoms with Gasteiger partial charge < -0.3 is 25.4 Å². The van der Waals surface area contributed by atoms with E-state index in [4.69, 9.17) is 9.84 Å². The number of ether oxygens (including phenoxy) is 1. The van der Waals surface area contributed by atoms with Crippen LogP contribution in [-0.2, 0) is 15.3 Å². The first-order valence-electron chi connectivity index (χ1n) is 12.2. The van der Waals surface area contributed by atoms with Gasteiger partial charge in [0.25, 0.3) is 5.91 Å². The molecule has 0 saturated carbocycles. The van der Waals surface area contributed by atoms with Crippen molar-refractivity contribution in [1.82, 2.24) is 15.3 Å². The number of hydrogen-bond acceptors (Lipinski definition) is 10. The van der Waals surface area contributed by atoms with Crippen LogP contribution in [0.15, 0.2) is 71.4 Å². The number of halogens is 1. The summed E-state index contributed by atoms with van der Waals surface area (Å²) in [5, 5.41) is 14.4. The van der Waals surface area contributed by atoms with Gasteiger partial charge in [-0.2, -0.15) is 12.8 Å². The van der Waals surface area contributed by atoms with Gasteiger partial charge in [-0.05, 0) is 49.2 Å². The highest BCUT2D eigenvalue weighted by Gasteiger charge is 2.23. The fourth-order valence-corrected chi connectivity index (χ4v) is 4.22. The Labute approximate surface area is 231 Å². The fraction of sp³-hybridized carbons (Fsp3) is 0.308. The highest BCUT2D eigenvalue weighted by molar-refractivity contribution is 7.61. The molecule has 40 heavy (non-hydrogen) atoms. The quantitative estimate of drug-likeness (QED) is 0.347. The standard InChI is InChI=1S/C19H21FN6O5S.C7H8O/c20-14-10-12(17(27)23-11-15(18(28)29)25-32(30)31)2-3-16(14)26-8-4-13(5-9-26)24-19-21-6-1-7-22-19;1-8-7-5-3-2-4-6-7/h1-3,6-7,10,13,15H,4-5,8-9,11H2,(H,23,27)(H,28,29)(H,21,22,24);2-6H,1H3/t15-;/m0./s1. The minimum atomic E-state index is -2.93. The summed E-state index contributed by atoms with van der Waals surface area (Å²) in [5.41, 5.74) is 0.340. The van der Waals surface area contributed by atoms with Crippen molar-refractivity contribution in [3.8, 4) is 5.75 Å². The van der Waals surface area contributed by atoms with Crippen molar-refractivity contribution in [3.63, 3.8) is 0 Å². The van der Waals surface area contributed by atoms with Gasteiger partial charge in [0.15, 0.2) is 6.04 Å². The van der Waals surface area contributed by atoms with Crippen LogP contribution < -0.4 is 20.3 Å². The lowest BCUT2D eigenvalue weighted by atomic mass is 10.0. The van der Waals surface area contributed by atoms with E-state index in [1.807, 2.05) is 35.2 Å². The smallest absolute Gasteiger partial charge is 0.331 e. The molecule has 1 fully saturated rings. The van der Waals surface area contributed by atoms with Crippen molar-refractivity contribution in [2.24, 2.45) is 4.36 Å². The number of nitrogens with one attached hydrogen (secondary N) is 2. The highest BCUT2D eigenvalue weighted by Crippen LogP contribution is 2.25. The van der Waals surface area contributed by atoms with E-state index < -0.39 is 40.8 Å². The van der Waals surface area contributed by atoms with Crippen LogP contribution in [0.1, 0.15) is 23.2 Å². The molecule has 2 aromatic carbocycles. The normalized spacial score (nSPS) is 13.7. The zero-order valence-electron chi connectivity index (χ0n) is 21.6. The van der Waals surface area contributed by atoms with Crippen LogP contribution in [0, 0.1) is 5.82 Å². The molecule has 3 aromatic rings. The van der Waals surface area contributed by atoms with Crippen molar-refractivity contribution in [2.45, 2.75) is 24.9 Å². The molecule has 14 heteroatoms. The first kappa shape index (κ1) is 30.0. The first-order valence-corrected chi connectivity index (χ1v) is 13.3. The van der Waals surface area contributed by atoms with Crippen LogP contribution in [0.5, 0.6) is 5.75 Å². The van der Waals surface area contributed by atoms with Crippen LogP contribution in [0.3, 0.4) is 0 Å². The van der Waals surface area contributed by atoms with E-state index in [9.17, 15) is 22.4 Å². The number of methoxy groups -OCH3 is 1. The largest absolute Gasteiger partial charge is 0.497 e. The van der Waals surface area contributed by atoms with Gasteiger partial charge in [-0.3, -0.25) is 4.79 Å². The zero-order chi connectivity index (χ0) is 28.9. The number of para-hydroxylation sites is 1. The second kappa shape index (κ2) is 15.1. The maximum atomic E-state index is 14.7. The SMILES string of the molecule is COc1ccccc1.O=C(NC[C@H](N=S(=O)=O)C(=O)O)c1ccc(N2CCC(Nc3ncccn3)CC2)c(F)c1. The Balaban J connectivity index is 0.000000472. The van der Waals surface area contributed by atoms with Gasteiger partial charge in [0.2, 0.25) is 5.95 Å². The number of rotatable bonds is 9. The number of carboxylic acids is 1. The van der Waals surface area contributed by atoms with Gasteiger partial charge in [-0.15, -0.1) is 0 Å². The number of hydrogen-bond donors (Lipinski definition) is 3. The molecule has 0 spiro atoms. The monoisotopic (exact) mass is 572 g/mol. The van der Waals surface area contributed by atoms with E-state index in [0.29, 0.717) is 24.7 Å². The van der Waals surface area contributed by atoms with Crippen LogP contribution in [0.25, 0.3) is 0 Å². The average molecular weight is 573 g/mol. The molecule has 4 rings (SSSR count). The lowest BCUT2D eigenvalue weighted by molar-refractivity contribution is -0.138. The van der Waals surface area contributed by atoms with Crippen molar-refractivity contribution in [2.75, 3.05) is 37.0 Å². The lowest BCUT2D eigenvalue weighted by Gasteiger charge is -2.34. The molecule has 3 N–H and O–H groups in total. The summed E-state index contributed by atoms with van der Waals surface area (Å²) in [7, 11) is -1.27. The molecule has 1 aromatic heterocycles. The van der Waals surface area contributed by atoms with Crippen molar-refractivity contribution in [1.29, 1.82) is 0 Å². The van der Waals surface area contributed by atoms with Gasteiger partial charge >= 0.3 is 16.5 Å². The summed E-state index contributed by atoms with van der Waals surface area (Å²) >= 11 is 0. The number of aliphatic carboxylic acids is 1. The summed E-state index contributed by atoms with van der Waals surface area (Å²) in [5.74, 6) is -1.37. The van der Waals surface area contributed by atoms with E-state index in [1.165, 1.54) is 12.1 Å². The zero-order valence-corrected chi connectivity index (χ0v) is 22.4. The number of carboxylic acid groups (broad SMARTS) is 1. The molecule has 212 valence electrons. The Hall–Kier alpha value is -4.59. The summed E-state index contributed by atoms with van der Waals surface area (Å²) in [6.07, 6.45) is 4.81. The number of benzene rings is 2. The lowest BCUT2D eigenvalue weighted by Crippen LogP contribution is -2.40. The maximum absolute atomic E-state index is 14.7. The van der Waals surface area contributed by atoms with E-state index in [0.717, 1.165) is 24.7 Å². The van der Waals surface area contributed by atoms with Crippen molar-refractivity contribution >= 4 is 34.0 Å². The number of amides is 1. The van der Waals surface area contributed by atoms with Gasteiger partial charge in [0.05, 0.1) is 19.3 Å². The molecule has 1 aliphatic rings. The third kappa shape index (κ3) is 9.31. The second-order valence-corrected chi connectivity index (χ2v) is 9.19. The van der Waals surface area contributed by atoms with Crippen LogP contribution >= 0.6 is 0 Å². The number of aromatic nitrogens is 2. The molecule has 1 aliphatic heterocycles. The van der Waals surface area contributed by atoms with Crippen LogP contribution in [-0.4, -0.2) is 74.2 Å². The molecule has 2 heterocycles. The summed E-state index contributed by atoms with van der Waals surface area (Å²) in [6.45, 7) is 0.652. The minimum absolute atomic E-state index is 0.0172. The number of carbonyl (C=O) groups excluding carboxylic acids is 1. The Kier molecular flexibility index (Phi) is 11.3. The Morgan fingerprint density at radius 3 is 2.35 bits per heavy atom. The molecule has 0 bridgehead atoms. The van der Waals surface area contributed by atoms with Crippen molar-refractivity contribution in [3.05, 3.63) is 78.4 Å². The predicted molar refractivity (Wildman–Crippen MR) is 145 cm³/mol. The number of anilines is 2. The number of piperidine rings is 1. The number of carbonyl (C=O) groups is 2. The first-order chi connectivity index (χ1) is 19.3. The van der Waals surface area contributed by atoms with E-state index in [1.54, 1.807) is 25.6 Å². The van der Waals surface area contributed by atoms with E-state index >= 15 is 0 Å². The van der Waals surface area contributed by atoms with E-state index in [2.05, 4.69) is 25.0 Å². The summed E-state index contributed by atoms with van der Waals surface area (Å²) in [6, 6.07) is 13.9. The molecule has 1 saturated heterocycles. The molecular weight excluding hydrogens is 543 g/mol. The number of nitrogens with zero attached hydrogens (tertiary/aromatic N) is 4. The van der Waals surface area contributed by atoms with Crippen molar-refractivity contribution < 1.29 is 32.2 Å². The second-order valence-electron chi connectivity index (χ2n) is 8.55. The molecule has 1 amide bonds. The summed E-state index contributed by atoms with van der Waals surface area (Å²) in [4.78, 5) is 33.4. The maximum Gasteiger partial charge on any atom is 0.331 e. The third-order valence-electron chi connectivity index (χ3n) is 5.88. The third-order valence-corrected chi connectivity index (χ3v) is 6.30. The van der Waals surface area contributed by atoms with Gasteiger partial charge in [0, 0.05) is 37.1 Å². The van der Waals surface area contributed by atoms with Crippen LogP contribution in [0.2, 0.25) is 0 Å². The Bertz CT molecular complexity index is 1400. The highest BCUT2D eigenvalue weighted by atomic mass is 32.2. The summed E-state index contributed by atoms with van der Waals surface area (Å²) < 4.78 is 43.7. The minimum Gasteiger partial charge on any atom is -0.497 e. The molecular formula is C26H29FN6O6S. The van der Waals surface area contributed by atoms with E-state index in [-0.39, 0.29) is 11.6 Å². The molecule has 0 unspecified atom stereocenters. The van der Waals surface area contributed by atoms with Gasteiger partial charge in [-0.25, -0.2) is 19.2 Å². The fourth-order valence-electron chi connectivity index (χ4n) is 3.85. The topological polar surface area (TPSA) is 163 Å². The molecule has 0 aliphatic carbocycles. The molecule has 1 atom stereocenters. The Morgan fingerprint density at radius 2 is 1.80 bits per heavy atom. The van der Waals surface area contributed by atoms with Gasteiger partial charge in [-0.1, -0.05) is 18.2 Å². The predicted octanol–water partition coefficient (Wildman–Crippen LogP) is 2.64. The van der Waals surface area contributed by atoms with Gasteiger partial charge in [0.1, 0.15) is 11.6 Å². The molecule has 0 radical (unpaired) electrons. The molecule has 12 nitrogen and oxygen atoms in total. The van der Waals surface area contributed by atoms with Crippen LogP contribution in [0.4, 0.5) is 16.0 Å². The average Bonchev–Trinajstić information content (AvgIpc) is 2.96. The Morgan fingerprint density at radius 1 is 1.12 bits per heavy atom.